The number of fused-ring (bicyclic) bond motifs is 4. The molecule has 0 N–H and O–H groups in total. The second-order valence-corrected chi connectivity index (χ2v) is 10.9. The number of imidazole rings is 2. The van der Waals surface area contributed by atoms with E-state index in [9.17, 15) is 0 Å². The third kappa shape index (κ3) is 3.89. The molecule has 6 nitrogen and oxygen atoms in total. The molecule has 0 unspecified atom stereocenters. The van der Waals surface area contributed by atoms with E-state index < -0.39 is 0 Å². The molecule has 6 heteroatoms. The summed E-state index contributed by atoms with van der Waals surface area (Å²) in [5.41, 5.74) is 9.68. The Morgan fingerprint density at radius 2 is 0.795 bits per heavy atom. The molecule has 9 rings (SSSR count). The predicted molar refractivity (Wildman–Crippen MR) is 176 cm³/mol. The van der Waals surface area contributed by atoms with Crippen LogP contribution in [0.5, 0.6) is 0 Å². The largest absolute Gasteiger partial charge is 0.306 e. The SMILES string of the molecule is c1ccc2c(-c3ccc(-c4cn5ccccc5n4)nc3)c3ccccc3c(-c3ccc(-c4cn5ccccc5n4)nc3)c2c1. The molecule has 44 heavy (non-hydrogen) atoms. The summed E-state index contributed by atoms with van der Waals surface area (Å²) in [7, 11) is 0. The van der Waals surface area contributed by atoms with Crippen molar-refractivity contribution in [2.24, 2.45) is 0 Å². The fourth-order valence-corrected chi connectivity index (χ4v) is 6.25. The monoisotopic (exact) mass is 564 g/mol. The van der Waals surface area contributed by atoms with Gasteiger partial charge in [-0.2, -0.15) is 0 Å². The zero-order chi connectivity index (χ0) is 29.0. The fraction of sp³-hybridized carbons (Fsp3) is 0. The van der Waals surface area contributed by atoms with Crippen molar-refractivity contribution in [3.8, 4) is 45.0 Å². The van der Waals surface area contributed by atoms with Gasteiger partial charge in [-0.1, -0.05) is 72.8 Å². The minimum absolute atomic E-state index is 0.847. The molecular weight excluding hydrogens is 540 g/mol. The predicted octanol–water partition coefficient (Wildman–Crippen LogP) is 8.75. The van der Waals surface area contributed by atoms with Crippen molar-refractivity contribution in [2.75, 3.05) is 0 Å². The van der Waals surface area contributed by atoms with Gasteiger partial charge in [0.25, 0.3) is 0 Å². The van der Waals surface area contributed by atoms with Crippen LogP contribution >= 0.6 is 0 Å². The van der Waals surface area contributed by atoms with Crippen molar-refractivity contribution in [3.63, 3.8) is 0 Å². The first-order chi connectivity index (χ1) is 21.8. The molecule has 0 atom stereocenters. The molecule has 0 amide bonds. The lowest BCUT2D eigenvalue weighted by Crippen LogP contribution is -1.93. The van der Waals surface area contributed by atoms with E-state index in [1.807, 2.05) is 82.4 Å². The Bertz CT molecular complexity index is 2190. The molecule has 0 saturated carbocycles. The minimum Gasteiger partial charge on any atom is -0.306 e. The first-order valence-corrected chi connectivity index (χ1v) is 14.5. The number of hydrogen-bond donors (Lipinski definition) is 0. The Morgan fingerprint density at radius 3 is 1.16 bits per heavy atom. The number of pyridine rings is 4. The quantitative estimate of drug-likeness (QED) is 0.201. The Hall–Kier alpha value is -6.14. The van der Waals surface area contributed by atoms with E-state index in [1.165, 1.54) is 32.7 Å². The maximum Gasteiger partial charge on any atom is 0.137 e. The van der Waals surface area contributed by atoms with Crippen LogP contribution in [0.3, 0.4) is 0 Å². The molecule has 206 valence electrons. The third-order valence-corrected chi connectivity index (χ3v) is 8.29. The molecule has 6 aromatic heterocycles. The summed E-state index contributed by atoms with van der Waals surface area (Å²) in [6.07, 6.45) is 12.0. The van der Waals surface area contributed by atoms with Crippen LogP contribution < -0.4 is 0 Å². The van der Waals surface area contributed by atoms with Gasteiger partial charge in [-0.25, -0.2) is 9.97 Å². The molecule has 9 aromatic rings. The second-order valence-electron chi connectivity index (χ2n) is 10.9. The highest BCUT2D eigenvalue weighted by atomic mass is 15.0. The molecule has 3 aromatic carbocycles. The van der Waals surface area contributed by atoms with E-state index in [0.29, 0.717) is 0 Å². The summed E-state index contributed by atoms with van der Waals surface area (Å²) in [6.45, 7) is 0. The molecule has 6 heterocycles. The minimum atomic E-state index is 0.847. The van der Waals surface area contributed by atoms with Crippen LogP contribution in [0.2, 0.25) is 0 Å². The van der Waals surface area contributed by atoms with Gasteiger partial charge in [-0.05, 0) is 69.1 Å². The molecule has 0 aliphatic heterocycles. The lowest BCUT2D eigenvalue weighted by atomic mass is 9.86. The smallest absolute Gasteiger partial charge is 0.137 e. The fourth-order valence-electron chi connectivity index (χ4n) is 6.25. The highest BCUT2D eigenvalue weighted by Gasteiger charge is 2.18. The van der Waals surface area contributed by atoms with Crippen LogP contribution in [0.1, 0.15) is 0 Å². The number of benzene rings is 3. The van der Waals surface area contributed by atoms with Gasteiger partial charge in [0.15, 0.2) is 0 Å². The number of aromatic nitrogens is 6. The van der Waals surface area contributed by atoms with Crippen molar-refractivity contribution in [1.82, 2.24) is 28.7 Å². The van der Waals surface area contributed by atoms with Crippen LogP contribution in [0.4, 0.5) is 0 Å². The van der Waals surface area contributed by atoms with Crippen LogP contribution in [0, 0.1) is 0 Å². The zero-order valence-corrected chi connectivity index (χ0v) is 23.5. The summed E-state index contributed by atoms with van der Waals surface area (Å²) in [4.78, 5) is 19.3. The van der Waals surface area contributed by atoms with E-state index in [0.717, 1.165) is 45.2 Å². The zero-order valence-electron chi connectivity index (χ0n) is 23.5. The second kappa shape index (κ2) is 9.71. The standard InChI is InChI=1S/C38H24N6/c1-2-10-28-27(9-1)37(25-15-17-31(39-21-25)33-23-43-19-7-5-13-35(43)41-33)29-11-3-4-12-30(29)38(28)26-16-18-32(40-22-26)34-24-44-20-8-6-14-36(44)42-34/h1-24H. The Morgan fingerprint density at radius 1 is 0.386 bits per heavy atom. The van der Waals surface area contributed by atoms with Crippen molar-refractivity contribution >= 4 is 32.8 Å². The van der Waals surface area contributed by atoms with Crippen molar-refractivity contribution in [3.05, 3.63) is 146 Å². The van der Waals surface area contributed by atoms with Crippen LogP contribution in [-0.2, 0) is 0 Å². The van der Waals surface area contributed by atoms with Crippen LogP contribution in [-0.4, -0.2) is 28.7 Å². The van der Waals surface area contributed by atoms with E-state index in [1.54, 1.807) is 0 Å². The first-order valence-electron chi connectivity index (χ1n) is 14.5. The average Bonchev–Trinajstić information content (AvgIpc) is 3.72. The molecule has 0 fully saturated rings. The molecule has 0 saturated heterocycles. The Labute approximate surface area is 252 Å². The summed E-state index contributed by atoms with van der Waals surface area (Å²) in [6, 6.07) is 37.7. The lowest BCUT2D eigenvalue weighted by Gasteiger charge is -2.17. The Balaban J connectivity index is 1.18. The van der Waals surface area contributed by atoms with Gasteiger partial charge in [0, 0.05) is 48.3 Å². The van der Waals surface area contributed by atoms with E-state index in [-0.39, 0.29) is 0 Å². The summed E-state index contributed by atoms with van der Waals surface area (Å²) < 4.78 is 4.03. The summed E-state index contributed by atoms with van der Waals surface area (Å²) >= 11 is 0. The number of nitrogens with zero attached hydrogens (tertiary/aromatic N) is 6. The molecule has 0 aliphatic rings. The van der Waals surface area contributed by atoms with Crippen molar-refractivity contribution in [1.29, 1.82) is 0 Å². The summed E-state index contributed by atoms with van der Waals surface area (Å²) in [5.74, 6) is 0. The van der Waals surface area contributed by atoms with E-state index in [2.05, 4.69) is 72.8 Å². The maximum atomic E-state index is 4.88. The summed E-state index contributed by atoms with van der Waals surface area (Å²) in [5, 5.41) is 4.70. The van der Waals surface area contributed by atoms with Gasteiger partial charge >= 0.3 is 0 Å². The van der Waals surface area contributed by atoms with Gasteiger partial charge < -0.3 is 8.80 Å². The average molecular weight is 565 g/mol. The van der Waals surface area contributed by atoms with E-state index >= 15 is 0 Å². The molecule has 0 bridgehead atoms. The third-order valence-electron chi connectivity index (χ3n) is 8.29. The van der Waals surface area contributed by atoms with Crippen LogP contribution in [0.15, 0.2) is 146 Å². The maximum absolute atomic E-state index is 4.88. The van der Waals surface area contributed by atoms with Crippen molar-refractivity contribution in [2.45, 2.75) is 0 Å². The van der Waals surface area contributed by atoms with Gasteiger partial charge in [0.05, 0.1) is 11.4 Å². The molecular formula is C38H24N6. The number of rotatable bonds is 4. The lowest BCUT2D eigenvalue weighted by molar-refractivity contribution is 1.19. The van der Waals surface area contributed by atoms with Gasteiger partial charge in [-0.3, -0.25) is 9.97 Å². The van der Waals surface area contributed by atoms with E-state index in [4.69, 9.17) is 19.9 Å². The molecule has 0 radical (unpaired) electrons. The highest BCUT2D eigenvalue weighted by Crippen LogP contribution is 2.43. The topological polar surface area (TPSA) is 60.4 Å². The highest BCUT2D eigenvalue weighted by molar-refractivity contribution is 6.21. The molecule has 0 aliphatic carbocycles. The Kier molecular flexibility index (Phi) is 5.40. The first kappa shape index (κ1) is 24.5. The van der Waals surface area contributed by atoms with Crippen molar-refractivity contribution < 1.29 is 0 Å². The van der Waals surface area contributed by atoms with Gasteiger partial charge in [-0.15, -0.1) is 0 Å². The number of hydrogen-bond acceptors (Lipinski definition) is 4. The van der Waals surface area contributed by atoms with Gasteiger partial charge in [0.2, 0.25) is 0 Å². The van der Waals surface area contributed by atoms with Gasteiger partial charge in [0.1, 0.15) is 22.7 Å². The normalized spacial score (nSPS) is 11.6. The van der Waals surface area contributed by atoms with Crippen LogP contribution in [0.25, 0.3) is 77.9 Å². The molecule has 0 spiro atoms.